The van der Waals surface area contributed by atoms with Crippen molar-refractivity contribution in [2.75, 3.05) is 13.2 Å². The van der Waals surface area contributed by atoms with E-state index < -0.39 is 0 Å². The summed E-state index contributed by atoms with van der Waals surface area (Å²) < 4.78 is 11.2. The molecule has 0 bridgehead atoms. The minimum atomic E-state index is 0.414. The highest BCUT2D eigenvalue weighted by Gasteiger charge is 2.37. The number of rotatable bonds is 22. The zero-order chi connectivity index (χ0) is 19.4. The molecule has 2 nitrogen and oxygen atoms in total. The van der Waals surface area contributed by atoms with E-state index in [2.05, 4.69) is 13.8 Å². The van der Waals surface area contributed by atoms with Crippen LogP contribution in [-0.2, 0) is 9.47 Å². The van der Waals surface area contributed by atoms with Gasteiger partial charge in [0.15, 0.2) is 0 Å². The van der Waals surface area contributed by atoms with Gasteiger partial charge in [0.1, 0.15) is 6.10 Å². The van der Waals surface area contributed by atoms with Crippen LogP contribution in [0.3, 0.4) is 0 Å². The third kappa shape index (κ3) is 16.6. The molecule has 0 N–H and O–H groups in total. The summed E-state index contributed by atoms with van der Waals surface area (Å²) in [4.78, 5) is 0. The van der Waals surface area contributed by atoms with Gasteiger partial charge in [-0.2, -0.15) is 0 Å². The summed E-state index contributed by atoms with van der Waals surface area (Å²) in [7, 11) is 0. The number of ether oxygens (including phenoxy) is 2. The Morgan fingerprint density at radius 2 is 0.963 bits per heavy atom. The Kier molecular flexibility index (Phi) is 17.8. The van der Waals surface area contributed by atoms with Crippen LogP contribution in [-0.4, -0.2) is 25.4 Å². The van der Waals surface area contributed by atoms with Crippen LogP contribution in [0.4, 0.5) is 0 Å². The lowest BCUT2D eigenvalue weighted by atomic mass is 10.0. The Labute approximate surface area is 171 Å². The van der Waals surface area contributed by atoms with E-state index in [-0.39, 0.29) is 0 Å². The van der Waals surface area contributed by atoms with Gasteiger partial charge in [0.2, 0.25) is 0 Å². The number of epoxide rings is 1. The Bertz CT molecular complexity index is 292. The lowest BCUT2D eigenvalue weighted by Gasteiger charge is -2.03. The minimum Gasteiger partial charge on any atom is -0.379 e. The molecule has 1 heterocycles. The number of hydrogen-bond acceptors (Lipinski definition) is 2. The molecule has 0 amide bonds. The van der Waals surface area contributed by atoms with E-state index >= 15 is 0 Å². The van der Waals surface area contributed by atoms with Crippen LogP contribution in [0.2, 0.25) is 0 Å². The molecular weight excluding hydrogens is 332 g/mol. The van der Waals surface area contributed by atoms with Crippen molar-refractivity contribution in [2.24, 2.45) is 0 Å². The Balaban J connectivity index is 1.65. The Hall–Kier alpha value is -0.0800. The van der Waals surface area contributed by atoms with Gasteiger partial charge in [0.25, 0.3) is 0 Å². The summed E-state index contributed by atoms with van der Waals surface area (Å²) in [6.45, 7) is 6.15. The van der Waals surface area contributed by atoms with Crippen LogP contribution < -0.4 is 0 Å². The zero-order valence-corrected chi connectivity index (χ0v) is 18.8. The van der Waals surface area contributed by atoms with Gasteiger partial charge in [0.05, 0.1) is 12.7 Å². The molecule has 0 aromatic carbocycles. The first-order chi connectivity index (χ1) is 13.4. The molecule has 0 radical (unpaired) electrons. The van der Waals surface area contributed by atoms with Gasteiger partial charge in [-0.15, -0.1) is 0 Å². The molecule has 0 aromatic rings. The third-order valence-electron chi connectivity index (χ3n) is 5.91. The van der Waals surface area contributed by atoms with Crippen molar-refractivity contribution in [3.8, 4) is 0 Å². The van der Waals surface area contributed by atoms with Gasteiger partial charge in [-0.3, -0.25) is 0 Å². The van der Waals surface area contributed by atoms with Crippen molar-refractivity contribution < 1.29 is 9.47 Å². The van der Waals surface area contributed by atoms with Crippen molar-refractivity contribution in [3.63, 3.8) is 0 Å². The lowest BCUT2D eigenvalue weighted by molar-refractivity contribution is 0.117. The van der Waals surface area contributed by atoms with Crippen LogP contribution in [0.25, 0.3) is 0 Å². The minimum absolute atomic E-state index is 0.414. The summed E-state index contributed by atoms with van der Waals surface area (Å²) >= 11 is 0. The van der Waals surface area contributed by atoms with Gasteiger partial charge in [-0.05, 0) is 12.8 Å². The average molecular weight is 383 g/mol. The molecule has 1 aliphatic rings. The molecule has 0 saturated carbocycles. The first-order valence-corrected chi connectivity index (χ1v) is 12.6. The summed E-state index contributed by atoms with van der Waals surface area (Å²) in [5.74, 6) is 0. The molecule has 2 atom stereocenters. The Morgan fingerprint density at radius 3 is 1.41 bits per heavy atom. The summed E-state index contributed by atoms with van der Waals surface area (Å²) in [6, 6.07) is 0. The maximum atomic E-state index is 5.67. The number of hydrogen-bond donors (Lipinski definition) is 0. The zero-order valence-electron chi connectivity index (χ0n) is 18.8. The lowest BCUT2D eigenvalue weighted by Crippen LogP contribution is -2.05. The highest BCUT2D eigenvalue weighted by atomic mass is 16.6. The summed E-state index contributed by atoms with van der Waals surface area (Å²) in [5.41, 5.74) is 0. The van der Waals surface area contributed by atoms with Crippen LogP contribution in [0.1, 0.15) is 136 Å². The monoisotopic (exact) mass is 382 g/mol. The van der Waals surface area contributed by atoms with Crippen molar-refractivity contribution in [2.45, 2.75) is 148 Å². The molecule has 27 heavy (non-hydrogen) atoms. The van der Waals surface area contributed by atoms with E-state index in [9.17, 15) is 0 Å². The van der Waals surface area contributed by atoms with Crippen molar-refractivity contribution >= 4 is 0 Å². The number of unbranched alkanes of at least 4 members (excludes halogenated alkanes) is 16. The van der Waals surface area contributed by atoms with Crippen molar-refractivity contribution in [3.05, 3.63) is 0 Å². The third-order valence-corrected chi connectivity index (χ3v) is 5.91. The molecule has 1 rings (SSSR count). The van der Waals surface area contributed by atoms with Gasteiger partial charge >= 0.3 is 0 Å². The fourth-order valence-electron chi connectivity index (χ4n) is 3.99. The van der Waals surface area contributed by atoms with E-state index in [1.165, 1.54) is 116 Å². The second-order valence-electron chi connectivity index (χ2n) is 8.73. The predicted molar refractivity (Wildman–Crippen MR) is 119 cm³/mol. The molecular formula is C25H50O2. The second kappa shape index (κ2) is 19.2. The summed E-state index contributed by atoms with van der Waals surface area (Å²) in [5, 5.41) is 0. The maximum Gasteiger partial charge on any atom is 0.107 e. The van der Waals surface area contributed by atoms with Gasteiger partial charge < -0.3 is 9.47 Å². The van der Waals surface area contributed by atoms with Gasteiger partial charge in [0, 0.05) is 6.61 Å². The van der Waals surface area contributed by atoms with Crippen LogP contribution in [0.15, 0.2) is 0 Å². The van der Waals surface area contributed by atoms with Crippen LogP contribution in [0, 0.1) is 0 Å². The standard InChI is InChI=1S/C25H50O2/c1-3-5-6-7-8-9-10-11-12-13-14-15-16-17-18-19-20-21-24-25(27-24)23-26-22-4-2/h24-25H,3-23H2,1-2H3. The van der Waals surface area contributed by atoms with E-state index in [4.69, 9.17) is 9.47 Å². The van der Waals surface area contributed by atoms with Crippen molar-refractivity contribution in [1.82, 2.24) is 0 Å². The first kappa shape index (κ1) is 25.0. The van der Waals surface area contributed by atoms with E-state index in [1.54, 1.807) is 0 Å². The van der Waals surface area contributed by atoms with E-state index in [0.29, 0.717) is 12.2 Å². The molecule has 162 valence electrons. The maximum absolute atomic E-state index is 5.67. The summed E-state index contributed by atoms with van der Waals surface area (Å²) in [6.07, 6.45) is 27.8. The van der Waals surface area contributed by atoms with Crippen molar-refractivity contribution in [1.29, 1.82) is 0 Å². The highest BCUT2D eigenvalue weighted by Crippen LogP contribution is 2.27. The van der Waals surface area contributed by atoms with Gasteiger partial charge in [-0.25, -0.2) is 0 Å². The smallest absolute Gasteiger partial charge is 0.107 e. The topological polar surface area (TPSA) is 21.8 Å². The molecule has 0 spiro atoms. The molecule has 2 heteroatoms. The molecule has 0 aromatic heterocycles. The van der Waals surface area contributed by atoms with Gasteiger partial charge in [-0.1, -0.05) is 123 Å². The first-order valence-electron chi connectivity index (χ1n) is 12.6. The molecule has 0 aliphatic carbocycles. The highest BCUT2D eigenvalue weighted by molar-refractivity contribution is 4.84. The quantitative estimate of drug-likeness (QED) is 0.139. The van der Waals surface area contributed by atoms with Crippen LogP contribution in [0.5, 0.6) is 0 Å². The SMILES string of the molecule is CCCCCCCCCCCCCCCCCCCC1OC1COCCC. The van der Waals surface area contributed by atoms with E-state index in [1.807, 2.05) is 0 Å². The van der Waals surface area contributed by atoms with E-state index in [0.717, 1.165) is 19.6 Å². The van der Waals surface area contributed by atoms with Crippen LogP contribution >= 0.6 is 0 Å². The normalized spacial score (nSPS) is 18.9. The molecule has 1 aliphatic heterocycles. The average Bonchev–Trinajstić information content (AvgIpc) is 3.42. The fourth-order valence-corrected chi connectivity index (χ4v) is 3.99. The largest absolute Gasteiger partial charge is 0.379 e. The molecule has 1 saturated heterocycles. The molecule has 2 unspecified atom stereocenters. The molecule has 1 fully saturated rings. The second-order valence-corrected chi connectivity index (χ2v) is 8.73. The fraction of sp³-hybridized carbons (Fsp3) is 1.00. The predicted octanol–water partition coefficient (Wildman–Crippen LogP) is 8.22. The Morgan fingerprint density at radius 1 is 0.519 bits per heavy atom.